The van der Waals surface area contributed by atoms with Gasteiger partial charge in [0.1, 0.15) is 22.8 Å². The van der Waals surface area contributed by atoms with Gasteiger partial charge in [-0.1, -0.05) is 61.7 Å². The largest absolute Gasteiger partial charge is 0.444 e. The average molecular weight is 661 g/mol. The molecule has 3 N–H and O–H groups in total. The van der Waals surface area contributed by atoms with E-state index in [0.717, 1.165) is 36.8 Å². The monoisotopic (exact) mass is 660 g/mol. The molecule has 260 valence electrons. The predicted molar refractivity (Wildman–Crippen MR) is 188 cm³/mol. The van der Waals surface area contributed by atoms with Crippen molar-refractivity contribution in [3.05, 3.63) is 71.8 Å². The summed E-state index contributed by atoms with van der Waals surface area (Å²) in [4.78, 5) is 38.8. The van der Waals surface area contributed by atoms with Gasteiger partial charge in [0.15, 0.2) is 0 Å². The minimum atomic E-state index is -0.635. The smallest absolute Gasteiger partial charge is 0.410 e. The van der Waals surface area contributed by atoms with E-state index in [1.165, 1.54) is 6.42 Å². The number of nitrogens with zero attached hydrogens (tertiary/aromatic N) is 4. The molecule has 0 unspecified atom stereocenters. The quantitative estimate of drug-likeness (QED) is 0.197. The first-order chi connectivity index (χ1) is 22.7. The molecule has 1 aliphatic rings. The second-order valence-electron chi connectivity index (χ2n) is 14.3. The van der Waals surface area contributed by atoms with E-state index in [4.69, 9.17) is 19.9 Å². The number of anilines is 2. The van der Waals surface area contributed by atoms with Crippen molar-refractivity contribution >= 4 is 24.0 Å². The van der Waals surface area contributed by atoms with Crippen molar-refractivity contribution in [1.82, 2.24) is 19.8 Å². The summed E-state index contributed by atoms with van der Waals surface area (Å²) in [5.41, 5.74) is 6.75. The second-order valence-corrected chi connectivity index (χ2v) is 14.3. The third kappa shape index (κ3) is 12.2. The molecule has 11 nitrogen and oxygen atoms in total. The van der Waals surface area contributed by atoms with E-state index in [9.17, 15) is 9.59 Å². The lowest BCUT2D eigenvalue weighted by Gasteiger charge is -2.36. The van der Waals surface area contributed by atoms with Crippen LogP contribution in [0.25, 0.3) is 0 Å². The standard InChI is InChI=1S/C37H52N6O5/c1-36(2,3)47-34(44)42(22-13-23-43(29-14-9-7-10-15-29)35(45)48-37(4,5)6)26-28-20-18-27(19-21-28)25-39-33-40-31(38)24-32(41-33)46-30-16-11-8-12-17-30/h8,11-12,16-21,24,29H,7,9-10,13-15,22-23,25-26H2,1-6H3,(H3,38,39,40,41). The zero-order chi connectivity index (χ0) is 34.7. The van der Waals surface area contributed by atoms with Crippen LogP contribution in [0.2, 0.25) is 0 Å². The first kappa shape index (κ1) is 36.3. The van der Waals surface area contributed by atoms with Crippen molar-refractivity contribution in [1.29, 1.82) is 0 Å². The lowest BCUT2D eigenvalue weighted by Crippen LogP contribution is -2.45. The van der Waals surface area contributed by atoms with Crippen LogP contribution in [0.15, 0.2) is 60.7 Å². The number of amides is 2. The van der Waals surface area contributed by atoms with Crippen molar-refractivity contribution in [3.8, 4) is 11.6 Å². The van der Waals surface area contributed by atoms with Gasteiger partial charge in [-0.15, -0.1) is 0 Å². The Morgan fingerprint density at radius 3 is 2.10 bits per heavy atom. The summed E-state index contributed by atoms with van der Waals surface area (Å²) in [5.74, 6) is 1.66. The summed E-state index contributed by atoms with van der Waals surface area (Å²) in [5, 5.41) is 3.21. The van der Waals surface area contributed by atoms with Crippen LogP contribution in [-0.2, 0) is 22.6 Å². The lowest BCUT2D eigenvalue weighted by atomic mass is 9.94. The Labute approximate surface area is 285 Å². The molecule has 0 bridgehead atoms. The Morgan fingerprint density at radius 1 is 0.833 bits per heavy atom. The molecular formula is C37H52N6O5. The molecule has 48 heavy (non-hydrogen) atoms. The molecule has 4 rings (SSSR count). The molecule has 2 amide bonds. The predicted octanol–water partition coefficient (Wildman–Crippen LogP) is 8.16. The molecule has 3 aromatic rings. The van der Waals surface area contributed by atoms with Crippen LogP contribution in [-0.4, -0.2) is 62.3 Å². The minimum absolute atomic E-state index is 0.158. The van der Waals surface area contributed by atoms with Crippen molar-refractivity contribution in [2.45, 2.75) is 110 Å². The number of para-hydroxylation sites is 1. The first-order valence-electron chi connectivity index (χ1n) is 16.9. The van der Waals surface area contributed by atoms with Crippen molar-refractivity contribution < 1.29 is 23.8 Å². The van der Waals surface area contributed by atoms with Crippen LogP contribution in [0.1, 0.15) is 91.2 Å². The number of hydrogen-bond acceptors (Lipinski definition) is 9. The average Bonchev–Trinajstić information content (AvgIpc) is 3.01. The van der Waals surface area contributed by atoms with Gasteiger partial charge in [-0.2, -0.15) is 9.97 Å². The van der Waals surface area contributed by atoms with Crippen molar-refractivity contribution in [3.63, 3.8) is 0 Å². The number of carbonyl (C=O) groups excluding carboxylic acids is 2. The topological polar surface area (TPSA) is 132 Å². The van der Waals surface area contributed by atoms with Gasteiger partial charge in [0.2, 0.25) is 11.8 Å². The number of ether oxygens (including phenoxy) is 3. The van der Waals surface area contributed by atoms with Crippen LogP contribution >= 0.6 is 0 Å². The Hall–Kier alpha value is -4.54. The Morgan fingerprint density at radius 2 is 1.46 bits per heavy atom. The highest BCUT2D eigenvalue weighted by atomic mass is 16.6. The van der Waals surface area contributed by atoms with Gasteiger partial charge in [0.05, 0.1) is 0 Å². The fraction of sp³-hybridized carbons (Fsp3) is 0.514. The van der Waals surface area contributed by atoms with Crippen LogP contribution in [0.5, 0.6) is 11.6 Å². The lowest BCUT2D eigenvalue weighted by molar-refractivity contribution is 0.00970. The molecule has 1 fully saturated rings. The molecule has 0 atom stereocenters. The van der Waals surface area contributed by atoms with E-state index in [2.05, 4.69) is 15.3 Å². The zero-order valence-electron chi connectivity index (χ0n) is 29.3. The summed E-state index contributed by atoms with van der Waals surface area (Å²) >= 11 is 0. The Kier molecular flexibility index (Phi) is 12.5. The van der Waals surface area contributed by atoms with Crippen LogP contribution in [0, 0.1) is 0 Å². The number of nitrogens with one attached hydrogen (secondary N) is 1. The normalized spacial score (nSPS) is 13.8. The summed E-state index contributed by atoms with van der Waals surface area (Å²) in [6, 6.07) is 19.1. The molecule has 1 saturated carbocycles. The molecule has 11 heteroatoms. The number of aromatic nitrogens is 2. The first-order valence-corrected chi connectivity index (χ1v) is 16.9. The molecule has 0 aliphatic heterocycles. The fourth-order valence-electron chi connectivity index (χ4n) is 5.48. The molecule has 2 aromatic carbocycles. The van der Waals surface area contributed by atoms with Crippen molar-refractivity contribution in [2.24, 2.45) is 0 Å². The maximum absolute atomic E-state index is 13.3. The van der Waals surface area contributed by atoms with E-state index in [0.29, 0.717) is 56.0 Å². The molecular weight excluding hydrogens is 608 g/mol. The van der Waals surface area contributed by atoms with E-state index in [-0.39, 0.29) is 18.2 Å². The third-order valence-corrected chi connectivity index (χ3v) is 7.66. The van der Waals surface area contributed by atoms with Gasteiger partial charge >= 0.3 is 12.2 Å². The highest BCUT2D eigenvalue weighted by Crippen LogP contribution is 2.25. The van der Waals surface area contributed by atoms with E-state index >= 15 is 0 Å². The number of hydrogen-bond donors (Lipinski definition) is 2. The Balaban J connectivity index is 1.38. The molecule has 1 heterocycles. The van der Waals surface area contributed by atoms with E-state index < -0.39 is 11.2 Å². The number of nitrogens with two attached hydrogens (primary N) is 1. The van der Waals surface area contributed by atoms with Crippen molar-refractivity contribution in [2.75, 3.05) is 24.1 Å². The minimum Gasteiger partial charge on any atom is -0.444 e. The molecule has 1 aromatic heterocycles. The summed E-state index contributed by atoms with van der Waals surface area (Å²) in [7, 11) is 0. The van der Waals surface area contributed by atoms with E-state index in [1.807, 2.05) is 101 Å². The molecule has 1 aliphatic carbocycles. The maximum atomic E-state index is 13.3. The summed E-state index contributed by atoms with van der Waals surface area (Å²) < 4.78 is 17.4. The molecule has 0 radical (unpaired) electrons. The van der Waals surface area contributed by atoms with Crippen LogP contribution < -0.4 is 15.8 Å². The van der Waals surface area contributed by atoms with Crippen LogP contribution in [0.4, 0.5) is 21.4 Å². The second kappa shape index (κ2) is 16.5. The number of benzene rings is 2. The summed E-state index contributed by atoms with van der Waals surface area (Å²) in [6.45, 7) is 13.0. The summed E-state index contributed by atoms with van der Waals surface area (Å²) in [6.07, 6.45) is 5.29. The highest BCUT2D eigenvalue weighted by Gasteiger charge is 2.30. The van der Waals surface area contributed by atoms with Crippen LogP contribution in [0.3, 0.4) is 0 Å². The van der Waals surface area contributed by atoms with Gasteiger partial charge in [0, 0.05) is 38.3 Å². The number of nitrogen functional groups attached to an aromatic ring is 1. The van der Waals surface area contributed by atoms with E-state index in [1.54, 1.807) is 11.0 Å². The third-order valence-electron chi connectivity index (χ3n) is 7.66. The van der Waals surface area contributed by atoms with Gasteiger partial charge in [-0.3, -0.25) is 0 Å². The van der Waals surface area contributed by atoms with Gasteiger partial charge in [-0.25, -0.2) is 9.59 Å². The maximum Gasteiger partial charge on any atom is 0.410 e. The number of carbonyl (C=O) groups is 2. The Bertz CT molecular complexity index is 1460. The molecule has 0 saturated heterocycles. The molecule has 0 spiro atoms. The fourth-order valence-corrected chi connectivity index (χ4v) is 5.48. The van der Waals surface area contributed by atoms with Gasteiger partial charge < -0.3 is 35.1 Å². The highest BCUT2D eigenvalue weighted by molar-refractivity contribution is 5.69. The van der Waals surface area contributed by atoms with Gasteiger partial charge in [0.25, 0.3) is 0 Å². The van der Waals surface area contributed by atoms with Gasteiger partial charge in [-0.05, 0) is 84.1 Å². The SMILES string of the molecule is CC(C)(C)OC(=O)N(CCCN(C(=O)OC(C)(C)C)C1CCCCC1)Cc1ccc(CNc2nc(N)cc(Oc3ccccc3)n2)cc1. The zero-order valence-corrected chi connectivity index (χ0v) is 29.3. The number of rotatable bonds is 12.